The molecule has 0 spiro atoms. The van der Waals surface area contributed by atoms with Crippen LogP contribution in [0.1, 0.15) is 34.9 Å². The van der Waals surface area contributed by atoms with Crippen LogP contribution in [0.25, 0.3) is 0 Å². The van der Waals surface area contributed by atoms with Gasteiger partial charge in [-0.1, -0.05) is 6.07 Å². The number of sulfonamides is 1. The molecular weight excluding hydrogens is 248 g/mol. The molecule has 2 aliphatic heterocycles. The molecule has 3 aliphatic rings. The zero-order chi connectivity index (χ0) is 12.5. The van der Waals surface area contributed by atoms with Crippen molar-refractivity contribution in [3.05, 3.63) is 28.8 Å². The summed E-state index contributed by atoms with van der Waals surface area (Å²) in [6, 6.07) is 4.09. The lowest BCUT2D eigenvalue weighted by Crippen LogP contribution is -2.28. The Labute approximate surface area is 107 Å². The zero-order valence-electron chi connectivity index (χ0n) is 10.3. The van der Waals surface area contributed by atoms with Crippen LogP contribution in [-0.4, -0.2) is 32.9 Å². The molecule has 0 radical (unpaired) electrons. The van der Waals surface area contributed by atoms with E-state index < -0.39 is 10.0 Å². The van der Waals surface area contributed by atoms with Crippen molar-refractivity contribution >= 4 is 10.0 Å². The van der Waals surface area contributed by atoms with Crippen LogP contribution >= 0.6 is 0 Å². The normalized spacial score (nSPS) is 32.3. The van der Waals surface area contributed by atoms with E-state index in [1.54, 1.807) is 7.05 Å². The van der Waals surface area contributed by atoms with Gasteiger partial charge < -0.3 is 5.32 Å². The van der Waals surface area contributed by atoms with Crippen molar-refractivity contribution in [2.45, 2.75) is 29.7 Å². The Morgan fingerprint density at radius 1 is 1.22 bits per heavy atom. The van der Waals surface area contributed by atoms with Gasteiger partial charge in [-0.15, -0.1) is 0 Å². The average molecular weight is 264 g/mol. The number of rotatable bonds is 0. The van der Waals surface area contributed by atoms with E-state index in [-0.39, 0.29) is 0 Å². The van der Waals surface area contributed by atoms with Gasteiger partial charge in [0.25, 0.3) is 0 Å². The predicted octanol–water partition coefficient (Wildman–Crippen LogP) is 0.995. The summed E-state index contributed by atoms with van der Waals surface area (Å²) in [6.45, 7) is 2.54. The molecule has 1 aromatic carbocycles. The van der Waals surface area contributed by atoms with Crippen LogP contribution in [0.5, 0.6) is 0 Å². The molecule has 1 aromatic rings. The molecule has 1 fully saturated rings. The van der Waals surface area contributed by atoms with Crippen molar-refractivity contribution in [3.63, 3.8) is 0 Å². The minimum atomic E-state index is -3.22. The minimum Gasteiger partial charge on any atom is -0.316 e. The number of piperidine rings is 1. The van der Waals surface area contributed by atoms with Gasteiger partial charge in [0, 0.05) is 26.7 Å². The summed E-state index contributed by atoms with van der Waals surface area (Å²) >= 11 is 0. The Balaban J connectivity index is 1.95. The second-order valence-corrected chi connectivity index (χ2v) is 7.65. The smallest absolute Gasteiger partial charge is 0.243 e. The molecule has 1 N–H and O–H groups in total. The lowest BCUT2D eigenvalue weighted by atomic mass is 9.98. The van der Waals surface area contributed by atoms with Crippen molar-refractivity contribution in [2.75, 3.05) is 20.1 Å². The summed E-state index contributed by atoms with van der Waals surface area (Å²) in [4.78, 5) is 0.538. The lowest BCUT2D eigenvalue weighted by Gasteiger charge is -2.19. The maximum atomic E-state index is 12.2. The number of hydrogen-bond acceptors (Lipinski definition) is 3. The van der Waals surface area contributed by atoms with Crippen LogP contribution in [0.4, 0.5) is 0 Å². The van der Waals surface area contributed by atoms with Crippen molar-refractivity contribution in [1.82, 2.24) is 9.62 Å². The van der Waals surface area contributed by atoms with Crippen molar-refractivity contribution in [2.24, 2.45) is 0 Å². The molecule has 1 aliphatic carbocycles. The molecule has 96 valence electrons. The molecular formula is C13H16N2O2S. The first-order chi connectivity index (χ1) is 8.57. The summed E-state index contributed by atoms with van der Waals surface area (Å²) in [6.07, 6.45) is 1.18. The van der Waals surface area contributed by atoms with E-state index in [0.29, 0.717) is 23.3 Å². The first-order valence-electron chi connectivity index (χ1n) is 6.41. The Morgan fingerprint density at radius 3 is 2.61 bits per heavy atom. The highest BCUT2D eigenvalue weighted by Gasteiger charge is 2.39. The van der Waals surface area contributed by atoms with E-state index in [1.807, 2.05) is 6.07 Å². The van der Waals surface area contributed by atoms with Crippen LogP contribution in [-0.2, 0) is 16.6 Å². The first kappa shape index (κ1) is 11.0. The molecule has 4 nitrogen and oxygen atoms in total. The average Bonchev–Trinajstić information content (AvgIpc) is 2.72. The van der Waals surface area contributed by atoms with E-state index in [9.17, 15) is 8.42 Å². The summed E-state index contributed by atoms with van der Waals surface area (Å²) < 4.78 is 25.8. The fraction of sp³-hybridized carbons (Fsp3) is 0.538. The van der Waals surface area contributed by atoms with Crippen LogP contribution in [0, 0.1) is 0 Å². The van der Waals surface area contributed by atoms with E-state index in [1.165, 1.54) is 21.9 Å². The van der Waals surface area contributed by atoms with Gasteiger partial charge in [-0.2, -0.15) is 4.31 Å². The van der Waals surface area contributed by atoms with Crippen LogP contribution in [0.2, 0.25) is 0 Å². The van der Waals surface area contributed by atoms with Gasteiger partial charge in [0.15, 0.2) is 0 Å². The van der Waals surface area contributed by atoms with Crippen LogP contribution in [0.3, 0.4) is 0 Å². The molecule has 0 amide bonds. The summed E-state index contributed by atoms with van der Waals surface area (Å²) in [5.41, 5.74) is 3.63. The second-order valence-electron chi connectivity index (χ2n) is 5.64. The Bertz CT molecular complexity index is 639. The number of benzene rings is 1. The number of hydrogen-bond donors (Lipinski definition) is 1. The van der Waals surface area contributed by atoms with Gasteiger partial charge in [-0.25, -0.2) is 8.42 Å². The maximum absolute atomic E-state index is 12.2. The van der Waals surface area contributed by atoms with Gasteiger partial charge in [-0.05, 0) is 41.0 Å². The summed E-state index contributed by atoms with van der Waals surface area (Å²) in [5.74, 6) is 1.09. The van der Waals surface area contributed by atoms with Crippen LogP contribution < -0.4 is 5.32 Å². The standard InChI is InChI=1S/C13H16N2O2S/c1-15-7-10-3-11-8-2-9(6-14-5-8)12(11)4-13(10)18(15,16)17/h3-4,8-9,14H,2,5-7H2,1H3. The van der Waals surface area contributed by atoms with Crippen molar-refractivity contribution < 1.29 is 8.42 Å². The topological polar surface area (TPSA) is 49.4 Å². The Hall–Kier alpha value is -0.910. The van der Waals surface area contributed by atoms with E-state index in [4.69, 9.17) is 0 Å². The minimum absolute atomic E-state index is 0.505. The maximum Gasteiger partial charge on any atom is 0.243 e. The predicted molar refractivity (Wildman–Crippen MR) is 68.1 cm³/mol. The molecule has 2 atom stereocenters. The third kappa shape index (κ3) is 1.24. The highest BCUT2D eigenvalue weighted by molar-refractivity contribution is 7.89. The molecule has 4 rings (SSSR count). The molecule has 0 saturated carbocycles. The Morgan fingerprint density at radius 2 is 1.89 bits per heavy atom. The van der Waals surface area contributed by atoms with E-state index >= 15 is 0 Å². The van der Waals surface area contributed by atoms with Gasteiger partial charge in [-0.3, -0.25) is 0 Å². The van der Waals surface area contributed by atoms with Gasteiger partial charge in [0.05, 0.1) is 4.90 Å². The molecule has 2 bridgehead atoms. The molecule has 1 saturated heterocycles. The van der Waals surface area contributed by atoms with Crippen molar-refractivity contribution in [3.8, 4) is 0 Å². The third-order valence-corrected chi connectivity index (χ3v) is 6.46. The monoisotopic (exact) mass is 264 g/mol. The van der Waals surface area contributed by atoms with Gasteiger partial charge >= 0.3 is 0 Å². The number of nitrogens with one attached hydrogen (secondary N) is 1. The molecule has 2 heterocycles. The SMILES string of the molecule is CN1Cc2cc3c(cc2S1(=O)=O)C1CNCC3C1. The molecule has 5 heteroatoms. The third-order valence-electron chi connectivity index (χ3n) is 4.58. The number of nitrogens with zero attached hydrogens (tertiary/aromatic N) is 1. The van der Waals surface area contributed by atoms with Gasteiger partial charge in [0.1, 0.15) is 0 Å². The molecule has 0 aromatic heterocycles. The largest absolute Gasteiger partial charge is 0.316 e. The van der Waals surface area contributed by atoms with Crippen LogP contribution in [0.15, 0.2) is 17.0 Å². The van der Waals surface area contributed by atoms with Gasteiger partial charge in [0.2, 0.25) is 10.0 Å². The highest BCUT2D eigenvalue weighted by atomic mass is 32.2. The fourth-order valence-corrected chi connectivity index (χ4v) is 5.01. The fourth-order valence-electron chi connectivity index (χ4n) is 3.64. The lowest BCUT2D eigenvalue weighted by molar-refractivity contribution is 0.453. The van der Waals surface area contributed by atoms with E-state index in [0.717, 1.165) is 18.7 Å². The highest BCUT2D eigenvalue weighted by Crippen LogP contribution is 2.46. The second kappa shape index (κ2) is 3.35. The molecule has 18 heavy (non-hydrogen) atoms. The zero-order valence-corrected chi connectivity index (χ0v) is 11.1. The first-order valence-corrected chi connectivity index (χ1v) is 7.85. The van der Waals surface area contributed by atoms with E-state index in [2.05, 4.69) is 11.4 Å². The Kier molecular flexibility index (Phi) is 2.04. The van der Waals surface area contributed by atoms with Crippen molar-refractivity contribution in [1.29, 1.82) is 0 Å². The molecule has 2 unspecified atom stereocenters. The number of fused-ring (bicyclic) bond motifs is 6. The summed E-state index contributed by atoms with van der Waals surface area (Å²) in [7, 11) is -1.57. The summed E-state index contributed by atoms with van der Waals surface area (Å²) in [5, 5.41) is 3.44. The quantitative estimate of drug-likeness (QED) is 0.760.